The summed E-state index contributed by atoms with van der Waals surface area (Å²) in [4.78, 5) is 23.9. The molecule has 2 aromatic heterocycles. The Kier molecular flexibility index (Phi) is 3.72. The van der Waals surface area contributed by atoms with Crippen LogP contribution in [0.4, 0.5) is 18.3 Å². The molecule has 3 aromatic rings. The number of carbonyl (C=O) groups excluding carboxylic acids is 1. The van der Waals surface area contributed by atoms with Crippen LogP contribution in [0.3, 0.4) is 0 Å². The number of nitrogens with zero attached hydrogens (tertiary/aromatic N) is 2. The van der Waals surface area contributed by atoms with Crippen LogP contribution < -0.4 is 10.9 Å². The smallest absolute Gasteiger partial charge is 0.445 e. The number of aromatic hydroxyl groups is 1. The molecule has 24 heavy (non-hydrogen) atoms. The van der Waals surface area contributed by atoms with Crippen LogP contribution in [0.15, 0.2) is 33.5 Å². The number of amides is 1. The highest BCUT2D eigenvalue weighted by Crippen LogP contribution is 2.33. The summed E-state index contributed by atoms with van der Waals surface area (Å²) >= 11 is 0.0847. The monoisotopic (exact) mass is 357 g/mol. The number of fused-ring (bicyclic) bond motifs is 1. The number of carbonyl (C=O) groups is 1. The second-order valence-corrected chi connectivity index (χ2v) is 5.45. The predicted molar refractivity (Wildman–Crippen MR) is 77.0 cm³/mol. The predicted octanol–water partition coefficient (Wildman–Crippen LogP) is 2.62. The van der Waals surface area contributed by atoms with Crippen LogP contribution in [-0.4, -0.2) is 21.2 Å². The minimum atomic E-state index is -4.70. The quantitative estimate of drug-likeness (QED) is 0.683. The molecule has 0 saturated heterocycles. The normalized spacial score (nSPS) is 11.6. The minimum absolute atomic E-state index is 0.0619. The largest absolute Gasteiger partial charge is 0.506 e. The van der Waals surface area contributed by atoms with Gasteiger partial charge in [-0.3, -0.25) is 10.1 Å². The zero-order chi connectivity index (χ0) is 17.5. The highest BCUT2D eigenvalue weighted by molar-refractivity contribution is 7.15. The fourth-order valence-electron chi connectivity index (χ4n) is 1.88. The SMILES string of the molecule is O=C(Nc1nnc(C(F)(F)F)s1)c1c(O)c2ccccc2oc1=O. The zero-order valence-electron chi connectivity index (χ0n) is 11.4. The molecule has 0 atom stereocenters. The van der Waals surface area contributed by atoms with Crippen molar-refractivity contribution in [1.82, 2.24) is 10.2 Å². The summed E-state index contributed by atoms with van der Waals surface area (Å²) in [5.41, 5.74) is -1.81. The summed E-state index contributed by atoms with van der Waals surface area (Å²) in [6, 6.07) is 5.93. The van der Waals surface area contributed by atoms with E-state index in [1.54, 1.807) is 12.1 Å². The fourth-order valence-corrected chi connectivity index (χ4v) is 2.49. The van der Waals surface area contributed by atoms with Crippen molar-refractivity contribution in [3.8, 4) is 5.75 Å². The van der Waals surface area contributed by atoms with E-state index in [0.717, 1.165) is 0 Å². The number of aromatic nitrogens is 2. The van der Waals surface area contributed by atoms with E-state index < -0.39 is 39.2 Å². The number of hydrogen-bond acceptors (Lipinski definition) is 7. The number of rotatable bonds is 2. The van der Waals surface area contributed by atoms with Gasteiger partial charge in [-0.2, -0.15) is 13.2 Å². The number of anilines is 1. The van der Waals surface area contributed by atoms with Gasteiger partial charge in [0, 0.05) is 0 Å². The molecule has 3 rings (SSSR count). The molecule has 0 aliphatic carbocycles. The maximum atomic E-state index is 12.5. The van der Waals surface area contributed by atoms with Crippen molar-refractivity contribution in [1.29, 1.82) is 0 Å². The molecule has 0 unspecified atom stereocenters. The van der Waals surface area contributed by atoms with Crippen LogP contribution in [0.2, 0.25) is 0 Å². The maximum absolute atomic E-state index is 12.5. The van der Waals surface area contributed by atoms with Crippen LogP contribution in [0.1, 0.15) is 15.4 Å². The summed E-state index contributed by atoms with van der Waals surface area (Å²) in [5, 5.41) is 16.5. The first-order chi connectivity index (χ1) is 11.3. The molecule has 0 bridgehead atoms. The van der Waals surface area contributed by atoms with Crippen molar-refractivity contribution < 1.29 is 27.5 Å². The summed E-state index contributed by atoms with van der Waals surface area (Å²) < 4.78 is 42.3. The Balaban J connectivity index is 1.97. The summed E-state index contributed by atoms with van der Waals surface area (Å²) in [7, 11) is 0. The van der Waals surface area contributed by atoms with E-state index in [1.165, 1.54) is 12.1 Å². The Morgan fingerprint density at radius 1 is 1.25 bits per heavy atom. The molecular formula is C13H6F3N3O4S. The average molecular weight is 357 g/mol. The third kappa shape index (κ3) is 2.80. The van der Waals surface area contributed by atoms with Gasteiger partial charge in [0.2, 0.25) is 10.1 Å². The molecule has 1 aromatic carbocycles. The van der Waals surface area contributed by atoms with E-state index in [4.69, 9.17) is 4.42 Å². The van der Waals surface area contributed by atoms with Gasteiger partial charge in [-0.05, 0) is 12.1 Å². The average Bonchev–Trinajstić information content (AvgIpc) is 2.96. The molecule has 2 heterocycles. The first-order valence-corrected chi connectivity index (χ1v) is 7.06. The van der Waals surface area contributed by atoms with Gasteiger partial charge in [0.1, 0.15) is 11.3 Å². The van der Waals surface area contributed by atoms with E-state index in [0.29, 0.717) is 0 Å². The van der Waals surface area contributed by atoms with E-state index in [2.05, 4.69) is 10.2 Å². The maximum Gasteiger partial charge on any atom is 0.445 e. The van der Waals surface area contributed by atoms with Gasteiger partial charge in [-0.25, -0.2) is 4.79 Å². The topological polar surface area (TPSA) is 105 Å². The van der Waals surface area contributed by atoms with Crippen LogP contribution in [-0.2, 0) is 6.18 Å². The Morgan fingerprint density at radius 3 is 2.62 bits per heavy atom. The number of alkyl halides is 3. The molecule has 0 aliphatic rings. The first-order valence-electron chi connectivity index (χ1n) is 6.24. The fraction of sp³-hybridized carbons (Fsp3) is 0.0769. The lowest BCUT2D eigenvalue weighted by Crippen LogP contribution is -2.21. The van der Waals surface area contributed by atoms with Gasteiger partial charge in [0.15, 0.2) is 5.56 Å². The second kappa shape index (κ2) is 5.60. The molecule has 0 radical (unpaired) electrons. The standard InChI is InChI=1S/C13H6F3N3O4S/c14-13(15,16)11-18-19-12(24-11)17-9(21)7-8(20)5-3-1-2-4-6(5)23-10(7)22/h1-4,20H,(H,17,19,21). The van der Waals surface area contributed by atoms with Crippen LogP contribution in [0.5, 0.6) is 5.75 Å². The van der Waals surface area contributed by atoms with Crippen molar-refractivity contribution in [2.45, 2.75) is 6.18 Å². The molecule has 7 nitrogen and oxygen atoms in total. The van der Waals surface area contributed by atoms with Gasteiger partial charge < -0.3 is 9.52 Å². The van der Waals surface area contributed by atoms with Crippen LogP contribution in [0.25, 0.3) is 11.0 Å². The Hall–Kier alpha value is -2.95. The number of halogens is 3. The lowest BCUT2D eigenvalue weighted by atomic mass is 10.1. The molecule has 0 saturated carbocycles. The highest BCUT2D eigenvalue weighted by atomic mass is 32.1. The molecular weight excluding hydrogens is 351 g/mol. The van der Waals surface area contributed by atoms with E-state index in [9.17, 15) is 27.9 Å². The first kappa shape index (κ1) is 15.9. The lowest BCUT2D eigenvalue weighted by molar-refractivity contribution is -0.138. The van der Waals surface area contributed by atoms with E-state index >= 15 is 0 Å². The highest BCUT2D eigenvalue weighted by Gasteiger charge is 2.36. The minimum Gasteiger partial charge on any atom is -0.506 e. The number of nitrogens with one attached hydrogen (secondary N) is 1. The number of para-hydroxylation sites is 1. The van der Waals surface area contributed by atoms with Gasteiger partial charge in [0.25, 0.3) is 5.91 Å². The number of hydrogen-bond donors (Lipinski definition) is 2. The van der Waals surface area contributed by atoms with Crippen molar-refractivity contribution in [3.05, 3.63) is 45.3 Å². The van der Waals surface area contributed by atoms with E-state index in [-0.39, 0.29) is 22.3 Å². The van der Waals surface area contributed by atoms with Gasteiger partial charge in [-0.15, -0.1) is 10.2 Å². The Labute approximate surface area is 134 Å². The molecule has 0 fully saturated rings. The van der Waals surface area contributed by atoms with Gasteiger partial charge in [0.05, 0.1) is 5.39 Å². The van der Waals surface area contributed by atoms with Crippen molar-refractivity contribution >= 4 is 33.3 Å². The molecule has 1 amide bonds. The van der Waals surface area contributed by atoms with Crippen molar-refractivity contribution in [2.24, 2.45) is 0 Å². The lowest BCUT2D eigenvalue weighted by Gasteiger charge is -2.05. The summed E-state index contributed by atoms with van der Waals surface area (Å²) in [6.07, 6.45) is -4.70. The second-order valence-electron chi connectivity index (χ2n) is 4.47. The third-order valence-corrected chi connectivity index (χ3v) is 3.78. The van der Waals surface area contributed by atoms with Crippen molar-refractivity contribution in [2.75, 3.05) is 5.32 Å². The number of benzene rings is 1. The Bertz CT molecular complexity index is 996. The van der Waals surface area contributed by atoms with Crippen LogP contribution in [0, 0.1) is 0 Å². The summed E-state index contributed by atoms with van der Waals surface area (Å²) in [5.74, 6) is -1.79. The molecule has 0 aliphatic heterocycles. The van der Waals surface area contributed by atoms with Crippen molar-refractivity contribution in [3.63, 3.8) is 0 Å². The zero-order valence-corrected chi connectivity index (χ0v) is 12.2. The Morgan fingerprint density at radius 2 is 1.96 bits per heavy atom. The van der Waals surface area contributed by atoms with Gasteiger partial charge in [-0.1, -0.05) is 23.5 Å². The molecule has 0 spiro atoms. The van der Waals surface area contributed by atoms with E-state index in [1.807, 2.05) is 5.32 Å². The summed E-state index contributed by atoms with van der Waals surface area (Å²) in [6.45, 7) is 0. The molecule has 124 valence electrons. The molecule has 11 heteroatoms. The molecule has 2 N–H and O–H groups in total. The van der Waals surface area contributed by atoms with Gasteiger partial charge >= 0.3 is 11.8 Å². The van der Waals surface area contributed by atoms with Crippen LogP contribution >= 0.6 is 11.3 Å². The third-order valence-electron chi connectivity index (χ3n) is 2.90.